The van der Waals surface area contributed by atoms with Gasteiger partial charge in [-0.2, -0.15) is 0 Å². The van der Waals surface area contributed by atoms with Crippen LogP contribution in [-0.2, 0) is 0 Å². The van der Waals surface area contributed by atoms with Crippen molar-refractivity contribution in [3.8, 4) is 11.5 Å². The molecule has 4 heteroatoms. The Kier molecular flexibility index (Phi) is 4.17. The molecule has 0 spiro atoms. The van der Waals surface area contributed by atoms with E-state index >= 15 is 0 Å². The van der Waals surface area contributed by atoms with Gasteiger partial charge >= 0.3 is 0 Å². The molecule has 0 fully saturated rings. The molecule has 2 aromatic rings. The van der Waals surface area contributed by atoms with Gasteiger partial charge in [-0.25, -0.2) is 0 Å². The Bertz CT molecular complexity index is 706. The number of nitrogens with zero attached hydrogens (tertiary/aromatic N) is 1. The molecule has 2 rings (SSSR count). The number of nitrogens with two attached hydrogens (primary N) is 1. The Morgan fingerprint density at radius 1 is 1.00 bits per heavy atom. The molecule has 0 saturated heterocycles. The van der Waals surface area contributed by atoms with E-state index < -0.39 is 0 Å². The van der Waals surface area contributed by atoms with Crippen LogP contribution < -0.4 is 10.5 Å². The maximum absolute atomic E-state index is 8.92. The third kappa shape index (κ3) is 3.16. The number of amidine groups is 1. The van der Waals surface area contributed by atoms with Gasteiger partial charge in [0.2, 0.25) is 0 Å². The molecule has 0 heterocycles. The van der Waals surface area contributed by atoms with Crippen LogP contribution in [0.1, 0.15) is 27.8 Å². The standard InChI is InChI=1S/C17H20N2O2/c1-10-5-6-15(14(8-10)17(18)19-20)21-16-9-11(2)7-12(3)13(16)4/h5-9,20H,1-4H3,(H2,18,19). The average Bonchev–Trinajstić information content (AvgIpc) is 2.45. The lowest BCUT2D eigenvalue weighted by Crippen LogP contribution is -2.14. The van der Waals surface area contributed by atoms with Crippen LogP contribution in [0.4, 0.5) is 0 Å². The van der Waals surface area contributed by atoms with Crippen LogP contribution in [0.3, 0.4) is 0 Å². The third-order valence-corrected chi connectivity index (χ3v) is 3.50. The van der Waals surface area contributed by atoms with Crippen LogP contribution in [0, 0.1) is 27.7 Å². The molecule has 21 heavy (non-hydrogen) atoms. The molecule has 0 bridgehead atoms. The highest BCUT2D eigenvalue weighted by molar-refractivity contribution is 5.99. The number of hydrogen-bond donors (Lipinski definition) is 2. The summed E-state index contributed by atoms with van der Waals surface area (Å²) in [5.74, 6) is 1.39. The van der Waals surface area contributed by atoms with Gasteiger partial charge in [0, 0.05) is 0 Å². The zero-order chi connectivity index (χ0) is 15.6. The molecule has 0 saturated carbocycles. The summed E-state index contributed by atoms with van der Waals surface area (Å²) in [7, 11) is 0. The van der Waals surface area contributed by atoms with Crippen LogP contribution in [0.25, 0.3) is 0 Å². The van der Waals surface area contributed by atoms with E-state index in [-0.39, 0.29) is 5.84 Å². The lowest BCUT2D eigenvalue weighted by molar-refractivity contribution is 0.318. The minimum absolute atomic E-state index is 0.0377. The summed E-state index contributed by atoms with van der Waals surface area (Å²) < 4.78 is 6.01. The predicted molar refractivity (Wildman–Crippen MR) is 84.4 cm³/mol. The highest BCUT2D eigenvalue weighted by atomic mass is 16.5. The van der Waals surface area contributed by atoms with E-state index in [9.17, 15) is 0 Å². The number of rotatable bonds is 3. The Morgan fingerprint density at radius 3 is 2.38 bits per heavy atom. The molecular weight excluding hydrogens is 264 g/mol. The lowest BCUT2D eigenvalue weighted by atomic mass is 10.1. The van der Waals surface area contributed by atoms with Gasteiger partial charge < -0.3 is 15.7 Å². The number of benzene rings is 2. The number of oxime groups is 1. The van der Waals surface area contributed by atoms with Crippen molar-refractivity contribution in [3.63, 3.8) is 0 Å². The van der Waals surface area contributed by atoms with Crippen molar-refractivity contribution in [2.24, 2.45) is 10.9 Å². The third-order valence-electron chi connectivity index (χ3n) is 3.50. The first-order chi connectivity index (χ1) is 9.92. The molecule has 3 N–H and O–H groups in total. The Morgan fingerprint density at radius 2 is 1.71 bits per heavy atom. The second kappa shape index (κ2) is 5.87. The quantitative estimate of drug-likeness (QED) is 0.390. The molecule has 0 amide bonds. The van der Waals surface area contributed by atoms with Gasteiger partial charge in [-0.05, 0) is 62.6 Å². The van der Waals surface area contributed by atoms with Crippen LogP contribution in [0.5, 0.6) is 11.5 Å². The van der Waals surface area contributed by atoms with Gasteiger partial charge in [-0.3, -0.25) is 0 Å². The van der Waals surface area contributed by atoms with Crippen molar-refractivity contribution >= 4 is 5.84 Å². The SMILES string of the molecule is Cc1cc(C)c(C)c(Oc2ccc(C)cc2/C(N)=N/O)c1. The van der Waals surface area contributed by atoms with E-state index in [0.29, 0.717) is 11.3 Å². The summed E-state index contributed by atoms with van der Waals surface area (Å²) in [6, 6.07) is 9.70. The number of ether oxygens (including phenoxy) is 1. The van der Waals surface area contributed by atoms with Gasteiger partial charge in [0.1, 0.15) is 11.5 Å². The topological polar surface area (TPSA) is 67.8 Å². The minimum Gasteiger partial charge on any atom is -0.456 e. The molecule has 0 radical (unpaired) electrons. The predicted octanol–water partition coefficient (Wildman–Crippen LogP) is 3.81. The van der Waals surface area contributed by atoms with Gasteiger partial charge in [-0.15, -0.1) is 0 Å². The molecule has 110 valence electrons. The summed E-state index contributed by atoms with van der Waals surface area (Å²) in [5.41, 5.74) is 10.7. The van der Waals surface area contributed by atoms with Gasteiger partial charge in [-0.1, -0.05) is 22.9 Å². The summed E-state index contributed by atoms with van der Waals surface area (Å²) >= 11 is 0. The second-order valence-corrected chi connectivity index (χ2v) is 5.29. The van der Waals surface area contributed by atoms with E-state index in [0.717, 1.165) is 22.4 Å². The molecule has 0 aliphatic rings. The highest BCUT2D eigenvalue weighted by Gasteiger charge is 2.12. The van der Waals surface area contributed by atoms with Crippen molar-refractivity contribution < 1.29 is 9.94 Å². The molecule has 4 nitrogen and oxygen atoms in total. The van der Waals surface area contributed by atoms with E-state index in [1.54, 1.807) is 0 Å². The maximum Gasteiger partial charge on any atom is 0.173 e. The van der Waals surface area contributed by atoms with Crippen LogP contribution >= 0.6 is 0 Å². The first kappa shape index (κ1) is 14.9. The van der Waals surface area contributed by atoms with Crippen molar-refractivity contribution in [2.75, 3.05) is 0 Å². The van der Waals surface area contributed by atoms with E-state index in [1.807, 2.05) is 45.0 Å². The molecular formula is C17H20N2O2. The maximum atomic E-state index is 8.92. The average molecular weight is 284 g/mol. The molecule has 0 atom stereocenters. The van der Waals surface area contributed by atoms with Gasteiger partial charge in [0.05, 0.1) is 5.56 Å². The summed E-state index contributed by atoms with van der Waals surface area (Å²) in [6.45, 7) is 8.04. The summed E-state index contributed by atoms with van der Waals surface area (Å²) in [4.78, 5) is 0. The van der Waals surface area contributed by atoms with E-state index in [1.165, 1.54) is 5.56 Å². The number of hydrogen-bond acceptors (Lipinski definition) is 3. The van der Waals surface area contributed by atoms with Crippen LogP contribution in [0.2, 0.25) is 0 Å². The summed E-state index contributed by atoms with van der Waals surface area (Å²) in [5, 5.41) is 12.0. The fraction of sp³-hybridized carbons (Fsp3) is 0.235. The number of aryl methyl sites for hydroxylation is 3. The molecule has 0 aliphatic heterocycles. The largest absolute Gasteiger partial charge is 0.456 e. The second-order valence-electron chi connectivity index (χ2n) is 5.29. The molecule has 0 unspecified atom stereocenters. The normalized spacial score (nSPS) is 11.5. The lowest BCUT2D eigenvalue weighted by Gasteiger charge is -2.15. The molecule has 0 aliphatic carbocycles. The monoisotopic (exact) mass is 284 g/mol. The van der Waals surface area contributed by atoms with E-state index in [2.05, 4.69) is 18.1 Å². The van der Waals surface area contributed by atoms with Gasteiger partial charge in [0.15, 0.2) is 5.84 Å². The smallest absolute Gasteiger partial charge is 0.173 e. The first-order valence-corrected chi connectivity index (χ1v) is 6.76. The van der Waals surface area contributed by atoms with Crippen molar-refractivity contribution in [3.05, 3.63) is 58.1 Å². The minimum atomic E-state index is 0.0377. The molecule has 2 aromatic carbocycles. The van der Waals surface area contributed by atoms with Crippen LogP contribution in [0.15, 0.2) is 35.5 Å². The fourth-order valence-corrected chi connectivity index (χ4v) is 2.21. The zero-order valence-corrected chi connectivity index (χ0v) is 12.8. The zero-order valence-electron chi connectivity index (χ0n) is 12.8. The molecule has 0 aromatic heterocycles. The first-order valence-electron chi connectivity index (χ1n) is 6.76. The summed E-state index contributed by atoms with van der Waals surface area (Å²) in [6.07, 6.45) is 0. The Hall–Kier alpha value is -2.49. The fourth-order valence-electron chi connectivity index (χ4n) is 2.21. The Labute approximate surface area is 124 Å². The van der Waals surface area contributed by atoms with E-state index in [4.69, 9.17) is 15.7 Å². The highest BCUT2D eigenvalue weighted by Crippen LogP contribution is 2.31. The van der Waals surface area contributed by atoms with Crippen molar-refractivity contribution in [1.29, 1.82) is 0 Å². The Balaban J connectivity index is 2.50. The van der Waals surface area contributed by atoms with Crippen LogP contribution in [-0.4, -0.2) is 11.0 Å². The van der Waals surface area contributed by atoms with Crippen molar-refractivity contribution in [2.45, 2.75) is 27.7 Å². The van der Waals surface area contributed by atoms with Gasteiger partial charge in [0.25, 0.3) is 0 Å². The van der Waals surface area contributed by atoms with Crippen molar-refractivity contribution in [1.82, 2.24) is 0 Å².